The van der Waals surface area contributed by atoms with Gasteiger partial charge in [0, 0.05) is 6.04 Å². The van der Waals surface area contributed by atoms with Crippen molar-refractivity contribution in [1.29, 1.82) is 0 Å². The van der Waals surface area contributed by atoms with Crippen LogP contribution in [-0.4, -0.2) is 34.3 Å². The molecule has 22 heavy (non-hydrogen) atoms. The van der Waals surface area contributed by atoms with Gasteiger partial charge in [-0.1, -0.05) is 18.2 Å². The lowest BCUT2D eigenvalue weighted by Gasteiger charge is -2.21. The lowest BCUT2D eigenvalue weighted by Crippen LogP contribution is -2.30. The second-order valence-corrected chi connectivity index (χ2v) is 7.80. The summed E-state index contributed by atoms with van der Waals surface area (Å²) in [4.78, 5) is 0.0694. The molecule has 0 heterocycles. The van der Waals surface area contributed by atoms with Crippen molar-refractivity contribution in [1.82, 2.24) is 5.09 Å². The Labute approximate surface area is 131 Å². The molecule has 0 saturated heterocycles. The van der Waals surface area contributed by atoms with Gasteiger partial charge in [-0.25, -0.2) is 9.65 Å². The summed E-state index contributed by atoms with van der Waals surface area (Å²) in [5, 5.41) is 2.64. The molecule has 0 bridgehead atoms. The topological polar surface area (TPSA) is 90.9 Å². The fraction of sp³-hybridized carbons (Fsp3) is 0.538. The Hall–Kier alpha value is -0.760. The zero-order valence-electron chi connectivity index (χ0n) is 12.9. The fourth-order valence-corrected chi connectivity index (χ4v) is 4.13. The van der Waals surface area contributed by atoms with E-state index in [0.29, 0.717) is 0 Å². The van der Waals surface area contributed by atoms with Crippen LogP contribution in [0.2, 0.25) is 0 Å². The van der Waals surface area contributed by atoms with Crippen molar-refractivity contribution in [2.24, 2.45) is 0 Å². The molecule has 1 rings (SSSR count). The van der Waals surface area contributed by atoms with E-state index in [4.69, 9.17) is 13.2 Å². The Bertz CT molecular complexity index is 582. The quantitative estimate of drug-likeness (QED) is 0.512. The predicted molar refractivity (Wildman–Crippen MR) is 83.0 cm³/mol. The van der Waals surface area contributed by atoms with Crippen LogP contribution in [0.3, 0.4) is 0 Å². The van der Waals surface area contributed by atoms with Crippen LogP contribution < -0.4 is 5.09 Å². The van der Waals surface area contributed by atoms with E-state index in [2.05, 4.69) is 5.09 Å². The molecule has 0 saturated carbocycles. The zero-order chi connectivity index (χ0) is 16.6. The maximum absolute atomic E-state index is 12.3. The molecule has 7 nitrogen and oxygen atoms in total. The van der Waals surface area contributed by atoms with Crippen LogP contribution in [0.1, 0.15) is 20.8 Å². The molecular formula is C13H22NO6PS. The minimum atomic E-state index is -3.85. The summed E-state index contributed by atoms with van der Waals surface area (Å²) in [5.74, 6) is 0. The number of hydrogen-bond donors (Lipinski definition) is 1. The highest BCUT2D eigenvalue weighted by Gasteiger charge is 2.27. The van der Waals surface area contributed by atoms with Crippen molar-refractivity contribution in [3.05, 3.63) is 30.3 Å². The van der Waals surface area contributed by atoms with Crippen molar-refractivity contribution in [2.75, 3.05) is 19.8 Å². The van der Waals surface area contributed by atoms with Gasteiger partial charge in [-0.2, -0.15) is 8.42 Å². The SMILES string of the molecule is CCOP(=O)(N[C@H](C)COS(=O)(=O)c1ccccc1)OCC. The summed E-state index contributed by atoms with van der Waals surface area (Å²) in [7, 11) is -7.30. The van der Waals surface area contributed by atoms with E-state index in [1.54, 1.807) is 39.0 Å². The van der Waals surface area contributed by atoms with E-state index in [1.165, 1.54) is 12.1 Å². The lowest BCUT2D eigenvalue weighted by molar-refractivity contribution is 0.199. The van der Waals surface area contributed by atoms with Crippen molar-refractivity contribution < 1.29 is 26.2 Å². The van der Waals surface area contributed by atoms with Crippen LogP contribution in [0.15, 0.2) is 35.2 Å². The molecule has 1 aromatic rings. The maximum Gasteiger partial charge on any atom is 0.405 e. The van der Waals surface area contributed by atoms with Crippen molar-refractivity contribution >= 4 is 17.9 Å². The molecule has 0 aliphatic rings. The number of rotatable bonds is 10. The van der Waals surface area contributed by atoms with Gasteiger partial charge < -0.3 is 0 Å². The van der Waals surface area contributed by atoms with Crippen molar-refractivity contribution in [3.63, 3.8) is 0 Å². The Balaban J connectivity index is 2.62. The summed E-state index contributed by atoms with van der Waals surface area (Å²) in [6.45, 7) is 5.23. The smallest absolute Gasteiger partial charge is 0.297 e. The van der Waals surface area contributed by atoms with E-state index in [1.807, 2.05) is 0 Å². The molecule has 0 spiro atoms. The molecule has 0 radical (unpaired) electrons. The molecule has 0 amide bonds. The van der Waals surface area contributed by atoms with Gasteiger partial charge in [0.1, 0.15) is 0 Å². The third-order valence-electron chi connectivity index (χ3n) is 2.48. The molecule has 0 aliphatic carbocycles. The fourth-order valence-electron chi connectivity index (χ4n) is 1.61. The van der Waals surface area contributed by atoms with Gasteiger partial charge in [-0.05, 0) is 32.9 Å². The zero-order valence-corrected chi connectivity index (χ0v) is 14.6. The van der Waals surface area contributed by atoms with Crippen molar-refractivity contribution in [3.8, 4) is 0 Å². The summed E-state index contributed by atoms with van der Waals surface area (Å²) in [6, 6.07) is 7.27. The standard InChI is InChI=1S/C13H22NO6PS/c1-4-18-21(15,19-5-2)14-12(3)11-20-22(16,17)13-9-7-6-8-10-13/h6-10,12H,4-5,11H2,1-3H3,(H,14,15)/t12-/m1/s1. The minimum Gasteiger partial charge on any atom is -0.297 e. The largest absolute Gasteiger partial charge is 0.405 e. The summed E-state index contributed by atoms with van der Waals surface area (Å²) < 4.78 is 51.3. The maximum atomic E-state index is 12.3. The summed E-state index contributed by atoms with van der Waals surface area (Å²) in [6.07, 6.45) is 0. The highest BCUT2D eigenvalue weighted by molar-refractivity contribution is 7.86. The number of hydrogen-bond acceptors (Lipinski definition) is 6. The van der Waals surface area contributed by atoms with E-state index in [0.717, 1.165) is 0 Å². The van der Waals surface area contributed by atoms with Gasteiger partial charge in [-0.15, -0.1) is 0 Å². The van der Waals surface area contributed by atoms with Crippen LogP contribution in [0.25, 0.3) is 0 Å². The predicted octanol–water partition coefficient (Wildman–Crippen LogP) is 2.55. The van der Waals surface area contributed by atoms with Crippen LogP contribution >= 0.6 is 7.75 Å². The second kappa shape index (κ2) is 8.76. The average Bonchev–Trinajstić information content (AvgIpc) is 2.46. The number of benzene rings is 1. The van der Waals surface area contributed by atoms with Crippen LogP contribution in [0.5, 0.6) is 0 Å². The average molecular weight is 351 g/mol. The van der Waals surface area contributed by atoms with Gasteiger partial charge in [0.15, 0.2) is 0 Å². The first kappa shape index (κ1) is 19.3. The molecule has 0 aromatic heterocycles. The molecule has 0 unspecified atom stereocenters. The molecule has 126 valence electrons. The Kier molecular flexibility index (Phi) is 7.68. The monoisotopic (exact) mass is 351 g/mol. The van der Waals surface area contributed by atoms with Crippen LogP contribution in [0, 0.1) is 0 Å². The Morgan fingerprint density at radius 2 is 1.68 bits per heavy atom. The van der Waals surface area contributed by atoms with Gasteiger partial charge in [0.05, 0.1) is 24.7 Å². The molecule has 1 N–H and O–H groups in total. The first-order valence-corrected chi connectivity index (χ1v) is 9.89. The van der Waals surface area contributed by atoms with Gasteiger partial charge >= 0.3 is 7.75 Å². The normalized spacial score (nSPS) is 14.0. The van der Waals surface area contributed by atoms with Gasteiger partial charge in [-0.3, -0.25) is 13.2 Å². The molecule has 1 aromatic carbocycles. The van der Waals surface area contributed by atoms with E-state index >= 15 is 0 Å². The van der Waals surface area contributed by atoms with Crippen LogP contribution in [-0.2, 0) is 27.9 Å². The molecular weight excluding hydrogens is 329 g/mol. The lowest BCUT2D eigenvalue weighted by atomic mass is 10.4. The molecule has 1 atom stereocenters. The van der Waals surface area contributed by atoms with Gasteiger partial charge in [0.2, 0.25) is 0 Å². The first-order valence-electron chi connectivity index (χ1n) is 6.94. The van der Waals surface area contributed by atoms with E-state index < -0.39 is 23.9 Å². The van der Waals surface area contributed by atoms with Crippen molar-refractivity contribution in [2.45, 2.75) is 31.7 Å². The van der Waals surface area contributed by atoms with E-state index in [9.17, 15) is 13.0 Å². The van der Waals surface area contributed by atoms with Crippen LogP contribution in [0.4, 0.5) is 0 Å². The number of nitrogens with one attached hydrogen (secondary N) is 1. The van der Waals surface area contributed by atoms with Gasteiger partial charge in [0.25, 0.3) is 10.1 Å². The molecule has 9 heteroatoms. The Morgan fingerprint density at radius 3 is 2.18 bits per heavy atom. The second-order valence-electron chi connectivity index (χ2n) is 4.41. The molecule has 0 aliphatic heterocycles. The summed E-state index contributed by atoms with van der Waals surface area (Å²) >= 11 is 0. The first-order chi connectivity index (χ1) is 10.3. The Morgan fingerprint density at radius 1 is 1.14 bits per heavy atom. The highest BCUT2D eigenvalue weighted by atomic mass is 32.2. The summed E-state index contributed by atoms with van der Waals surface area (Å²) in [5.41, 5.74) is 0. The molecule has 0 fully saturated rings. The third kappa shape index (κ3) is 6.16. The minimum absolute atomic E-state index is 0.0694. The van der Waals surface area contributed by atoms with E-state index in [-0.39, 0.29) is 24.7 Å². The third-order valence-corrected chi connectivity index (χ3v) is 5.73. The highest BCUT2D eigenvalue weighted by Crippen LogP contribution is 2.43.